The minimum atomic E-state index is 0.759. The third-order valence-electron chi connectivity index (χ3n) is 3.36. The maximum atomic E-state index is 3.67. The van der Waals surface area contributed by atoms with Gasteiger partial charge in [0.2, 0.25) is 0 Å². The predicted octanol–water partition coefficient (Wildman–Crippen LogP) is 5.21. The number of halogens is 1. The van der Waals surface area contributed by atoms with E-state index in [1.807, 2.05) is 0 Å². The van der Waals surface area contributed by atoms with Gasteiger partial charge in [0.05, 0.1) is 0 Å². The van der Waals surface area contributed by atoms with E-state index in [1.54, 1.807) is 5.56 Å². The first-order valence-corrected chi connectivity index (χ1v) is 7.68. The molecular formula is C16H25Br. The fourth-order valence-electron chi connectivity index (χ4n) is 2.69. The summed E-state index contributed by atoms with van der Waals surface area (Å²) < 4.78 is 0. The van der Waals surface area contributed by atoms with E-state index in [0.29, 0.717) is 0 Å². The molecule has 0 nitrogen and oxygen atoms in total. The van der Waals surface area contributed by atoms with Gasteiger partial charge in [-0.3, -0.25) is 0 Å². The fraction of sp³-hybridized carbons (Fsp3) is 0.625. The van der Waals surface area contributed by atoms with Gasteiger partial charge in [0, 0.05) is 5.33 Å². The zero-order valence-electron chi connectivity index (χ0n) is 11.8. The molecule has 0 saturated carbocycles. The highest BCUT2D eigenvalue weighted by atomic mass is 79.9. The first-order valence-electron chi connectivity index (χ1n) is 6.56. The lowest BCUT2D eigenvalue weighted by Gasteiger charge is -2.19. The molecule has 0 aliphatic rings. The Morgan fingerprint density at radius 1 is 1.06 bits per heavy atom. The van der Waals surface area contributed by atoms with Crippen LogP contribution in [0.3, 0.4) is 0 Å². The molecule has 1 unspecified atom stereocenters. The van der Waals surface area contributed by atoms with Crippen LogP contribution in [0.25, 0.3) is 0 Å². The molecule has 1 aromatic rings. The molecular weight excluding hydrogens is 272 g/mol. The summed E-state index contributed by atoms with van der Waals surface area (Å²) in [5.41, 5.74) is 5.85. The summed E-state index contributed by atoms with van der Waals surface area (Å²) in [6.45, 7) is 11.3. The molecule has 1 atom stereocenters. The van der Waals surface area contributed by atoms with Crippen LogP contribution in [0.5, 0.6) is 0 Å². The van der Waals surface area contributed by atoms with E-state index in [2.05, 4.69) is 62.7 Å². The second-order valence-electron chi connectivity index (χ2n) is 5.73. The highest BCUT2D eigenvalue weighted by Crippen LogP contribution is 2.24. The molecule has 0 heterocycles. The summed E-state index contributed by atoms with van der Waals surface area (Å²) in [5.74, 6) is 1.54. The van der Waals surface area contributed by atoms with Gasteiger partial charge >= 0.3 is 0 Å². The van der Waals surface area contributed by atoms with Crippen molar-refractivity contribution < 1.29 is 0 Å². The smallest absolute Gasteiger partial charge is 0.00629 e. The zero-order chi connectivity index (χ0) is 13.0. The zero-order valence-corrected chi connectivity index (χ0v) is 13.4. The van der Waals surface area contributed by atoms with Crippen LogP contribution >= 0.6 is 15.9 Å². The van der Waals surface area contributed by atoms with Crippen molar-refractivity contribution in [1.82, 2.24) is 0 Å². The number of hydrogen-bond acceptors (Lipinski definition) is 0. The molecule has 17 heavy (non-hydrogen) atoms. The average molecular weight is 297 g/mol. The summed E-state index contributed by atoms with van der Waals surface area (Å²) in [4.78, 5) is 0. The fourth-order valence-corrected chi connectivity index (χ4v) is 3.18. The monoisotopic (exact) mass is 296 g/mol. The maximum absolute atomic E-state index is 3.67. The van der Waals surface area contributed by atoms with Crippen molar-refractivity contribution >= 4 is 15.9 Å². The Morgan fingerprint density at radius 2 is 1.59 bits per heavy atom. The molecule has 1 heteroatoms. The predicted molar refractivity (Wildman–Crippen MR) is 81.1 cm³/mol. The van der Waals surface area contributed by atoms with Crippen molar-refractivity contribution in [2.24, 2.45) is 11.8 Å². The number of aryl methyl sites for hydroxylation is 3. The molecule has 1 aromatic carbocycles. The standard InChI is InChI=1S/C16H25Br/c1-11(2)6-15(10-17)9-16-13(4)7-12(3)8-14(16)5/h7-8,11,15H,6,9-10H2,1-5H3. The van der Waals surface area contributed by atoms with Gasteiger partial charge in [-0.1, -0.05) is 47.5 Å². The molecule has 0 fully saturated rings. The second kappa shape index (κ2) is 6.58. The second-order valence-corrected chi connectivity index (χ2v) is 6.38. The van der Waals surface area contributed by atoms with Gasteiger partial charge in [-0.2, -0.15) is 0 Å². The number of hydrogen-bond donors (Lipinski definition) is 0. The van der Waals surface area contributed by atoms with Crippen LogP contribution in [-0.2, 0) is 6.42 Å². The summed E-state index contributed by atoms with van der Waals surface area (Å²) in [5, 5.41) is 1.11. The van der Waals surface area contributed by atoms with Crippen molar-refractivity contribution in [2.45, 2.75) is 47.5 Å². The Morgan fingerprint density at radius 3 is 2.00 bits per heavy atom. The molecule has 0 radical (unpaired) electrons. The van der Waals surface area contributed by atoms with Gasteiger partial charge in [-0.15, -0.1) is 0 Å². The van der Waals surface area contributed by atoms with E-state index in [9.17, 15) is 0 Å². The van der Waals surface area contributed by atoms with Gasteiger partial charge in [0.15, 0.2) is 0 Å². The summed E-state index contributed by atoms with van der Waals surface area (Å²) in [6, 6.07) is 4.62. The highest BCUT2D eigenvalue weighted by Gasteiger charge is 2.13. The van der Waals surface area contributed by atoms with Crippen molar-refractivity contribution in [1.29, 1.82) is 0 Å². The largest absolute Gasteiger partial charge is 0.0925 e. The number of benzene rings is 1. The Bertz CT molecular complexity index is 343. The van der Waals surface area contributed by atoms with Crippen molar-refractivity contribution in [3.63, 3.8) is 0 Å². The normalized spacial score (nSPS) is 13.1. The van der Waals surface area contributed by atoms with Gasteiger partial charge in [0.1, 0.15) is 0 Å². The SMILES string of the molecule is Cc1cc(C)c(CC(CBr)CC(C)C)c(C)c1. The molecule has 96 valence electrons. The first kappa shape index (κ1) is 14.8. The van der Waals surface area contributed by atoms with E-state index < -0.39 is 0 Å². The van der Waals surface area contributed by atoms with E-state index in [1.165, 1.54) is 29.5 Å². The van der Waals surface area contributed by atoms with Crippen LogP contribution in [-0.4, -0.2) is 5.33 Å². The summed E-state index contributed by atoms with van der Waals surface area (Å²) >= 11 is 3.67. The Balaban J connectivity index is 2.86. The third kappa shape index (κ3) is 4.46. The highest BCUT2D eigenvalue weighted by molar-refractivity contribution is 9.09. The van der Waals surface area contributed by atoms with E-state index in [4.69, 9.17) is 0 Å². The Hall–Kier alpha value is -0.300. The molecule has 0 aromatic heterocycles. The number of alkyl halides is 1. The lowest BCUT2D eigenvalue weighted by Crippen LogP contribution is -2.11. The minimum Gasteiger partial charge on any atom is -0.0925 e. The summed E-state index contributed by atoms with van der Waals surface area (Å²) in [6.07, 6.45) is 2.51. The topological polar surface area (TPSA) is 0 Å². The van der Waals surface area contributed by atoms with Crippen LogP contribution in [0.15, 0.2) is 12.1 Å². The Kier molecular flexibility index (Phi) is 5.72. The average Bonchev–Trinajstić information content (AvgIpc) is 2.20. The molecule has 0 saturated heterocycles. The molecule has 0 N–H and O–H groups in total. The minimum absolute atomic E-state index is 0.759. The first-order chi connectivity index (χ1) is 7.93. The van der Waals surface area contributed by atoms with Crippen molar-refractivity contribution in [2.75, 3.05) is 5.33 Å². The van der Waals surface area contributed by atoms with Gasteiger partial charge in [-0.05, 0) is 62.1 Å². The van der Waals surface area contributed by atoms with Crippen LogP contribution < -0.4 is 0 Å². The molecule has 0 aliphatic carbocycles. The van der Waals surface area contributed by atoms with Gasteiger partial charge in [-0.25, -0.2) is 0 Å². The maximum Gasteiger partial charge on any atom is 0.00629 e. The van der Waals surface area contributed by atoms with Crippen LogP contribution in [0.2, 0.25) is 0 Å². The molecule has 0 bridgehead atoms. The summed E-state index contributed by atoms with van der Waals surface area (Å²) in [7, 11) is 0. The molecule has 1 rings (SSSR count). The van der Waals surface area contributed by atoms with Crippen LogP contribution in [0.1, 0.15) is 42.5 Å². The van der Waals surface area contributed by atoms with Crippen molar-refractivity contribution in [3.05, 3.63) is 34.4 Å². The lowest BCUT2D eigenvalue weighted by molar-refractivity contribution is 0.444. The quantitative estimate of drug-likeness (QED) is 0.654. The van der Waals surface area contributed by atoms with Gasteiger partial charge in [0.25, 0.3) is 0 Å². The third-order valence-corrected chi connectivity index (χ3v) is 4.27. The van der Waals surface area contributed by atoms with Gasteiger partial charge < -0.3 is 0 Å². The molecule has 0 aliphatic heterocycles. The van der Waals surface area contributed by atoms with E-state index in [-0.39, 0.29) is 0 Å². The molecule has 0 spiro atoms. The van der Waals surface area contributed by atoms with Crippen LogP contribution in [0.4, 0.5) is 0 Å². The Labute approximate surface area is 115 Å². The van der Waals surface area contributed by atoms with Crippen LogP contribution in [0, 0.1) is 32.6 Å². The lowest BCUT2D eigenvalue weighted by atomic mass is 9.88. The van der Waals surface area contributed by atoms with Crippen molar-refractivity contribution in [3.8, 4) is 0 Å². The van der Waals surface area contributed by atoms with E-state index >= 15 is 0 Å². The molecule has 0 amide bonds. The van der Waals surface area contributed by atoms with E-state index in [0.717, 1.165) is 17.2 Å². The number of rotatable bonds is 5.